The van der Waals surface area contributed by atoms with Crippen molar-refractivity contribution in [2.45, 2.75) is 69.9 Å². The summed E-state index contributed by atoms with van der Waals surface area (Å²) in [6, 6.07) is 0. The van der Waals surface area contributed by atoms with E-state index in [1.807, 2.05) is 6.92 Å². The van der Waals surface area contributed by atoms with Gasteiger partial charge in [-0.2, -0.15) is 0 Å². The smallest absolute Gasteiger partial charge is 0.111 e. The van der Waals surface area contributed by atoms with Gasteiger partial charge in [-0.25, -0.2) is 0 Å². The van der Waals surface area contributed by atoms with Crippen LogP contribution in [-0.2, 0) is 0 Å². The van der Waals surface area contributed by atoms with Crippen LogP contribution in [0.3, 0.4) is 0 Å². The molecule has 2 aliphatic rings. The zero-order chi connectivity index (χ0) is 14.6. The lowest BCUT2D eigenvalue weighted by Gasteiger charge is -2.59. The standard InChI is InChI=1S/C15H26O4/c1-9(2)15(19)7-10-13(3,8-12(15)17)6-5-11(16)14(10,4)18/h10-12,16-19H,1,5-8H2,2-4H3/t10-,11+,12-,13-,14+,15-/m1/s1. The molecule has 0 aliphatic heterocycles. The zero-order valence-electron chi connectivity index (χ0n) is 12.1. The number of hydrogen-bond acceptors (Lipinski definition) is 4. The van der Waals surface area contributed by atoms with E-state index in [9.17, 15) is 20.4 Å². The van der Waals surface area contributed by atoms with Crippen molar-refractivity contribution >= 4 is 0 Å². The third-order valence-electron chi connectivity index (χ3n) is 5.68. The number of fused-ring (bicyclic) bond motifs is 1. The van der Waals surface area contributed by atoms with Crippen LogP contribution in [0.25, 0.3) is 0 Å². The Morgan fingerprint density at radius 1 is 1.11 bits per heavy atom. The second-order valence-corrected chi connectivity index (χ2v) is 7.12. The Labute approximate surface area is 114 Å². The highest BCUT2D eigenvalue weighted by atomic mass is 16.3. The Balaban J connectivity index is 2.40. The predicted molar refractivity (Wildman–Crippen MR) is 72.5 cm³/mol. The average molecular weight is 270 g/mol. The van der Waals surface area contributed by atoms with Crippen LogP contribution in [0.4, 0.5) is 0 Å². The first-order valence-electron chi connectivity index (χ1n) is 7.01. The van der Waals surface area contributed by atoms with Crippen molar-refractivity contribution in [1.29, 1.82) is 0 Å². The third kappa shape index (κ3) is 2.05. The van der Waals surface area contributed by atoms with Gasteiger partial charge in [0, 0.05) is 0 Å². The van der Waals surface area contributed by atoms with Crippen molar-refractivity contribution < 1.29 is 20.4 Å². The van der Waals surface area contributed by atoms with Crippen molar-refractivity contribution in [3.63, 3.8) is 0 Å². The van der Waals surface area contributed by atoms with E-state index in [0.29, 0.717) is 18.4 Å². The molecule has 19 heavy (non-hydrogen) atoms. The Hall–Kier alpha value is -0.420. The fraction of sp³-hybridized carbons (Fsp3) is 0.867. The normalized spacial score (nSPS) is 54.6. The summed E-state index contributed by atoms with van der Waals surface area (Å²) in [5, 5.41) is 41.6. The van der Waals surface area contributed by atoms with Gasteiger partial charge in [-0.1, -0.05) is 13.5 Å². The van der Waals surface area contributed by atoms with Gasteiger partial charge in [0.25, 0.3) is 0 Å². The quantitative estimate of drug-likeness (QED) is 0.535. The molecule has 0 aromatic heterocycles. The van der Waals surface area contributed by atoms with E-state index < -0.39 is 23.4 Å². The molecule has 0 bridgehead atoms. The topological polar surface area (TPSA) is 80.9 Å². The van der Waals surface area contributed by atoms with E-state index >= 15 is 0 Å². The SMILES string of the molecule is C=C(C)[C@]1(O)C[C@@H]2[C@](C)(CC[C@H](O)[C@@]2(C)O)C[C@H]1O. The Morgan fingerprint density at radius 2 is 1.68 bits per heavy atom. The van der Waals surface area contributed by atoms with E-state index in [4.69, 9.17) is 0 Å². The molecule has 4 nitrogen and oxygen atoms in total. The highest BCUT2D eigenvalue weighted by Crippen LogP contribution is 2.57. The van der Waals surface area contributed by atoms with Crippen LogP contribution in [0.5, 0.6) is 0 Å². The summed E-state index contributed by atoms with van der Waals surface area (Å²) in [5.41, 5.74) is -2.36. The second kappa shape index (κ2) is 4.29. The number of aliphatic hydroxyl groups is 4. The van der Waals surface area contributed by atoms with Crippen molar-refractivity contribution in [1.82, 2.24) is 0 Å². The van der Waals surface area contributed by atoms with E-state index in [0.717, 1.165) is 6.42 Å². The zero-order valence-corrected chi connectivity index (χ0v) is 12.1. The van der Waals surface area contributed by atoms with Crippen molar-refractivity contribution in [3.05, 3.63) is 12.2 Å². The van der Waals surface area contributed by atoms with Crippen molar-refractivity contribution in [2.75, 3.05) is 0 Å². The minimum absolute atomic E-state index is 0.240. The van der Waals surface area contributed by atoms with E-state index in [2.05, 4.69) is 6.58 Å². The molecule has 0 saturated heterocycles. The lowest BCUT2D eigenvalue weighted by Crippen LogP contribution is -2.64. The van der Waals surface area contributed by atoms with Crippen molar-refractivity contribution in [2.24, 2.45) is 11.3 Å². The average Bonchev–Trinajstić information content (AvgIpc) is 2.29. The van der Waals surface area contributed by atoms with Crippen LogP contribution in [-0.4, -0.2) is 43.8 Å². The summed E-state index contributed by atoms with van der Waals surface area (Å²) in [6.07, 6.45) is 0.289. The molecular formula is C15H26O4. The highest BCUT2D eigenvalue weighted by molar-refractivity contribution is 5.20. The molecule has 4 N–H and O–H groups in total. The van der Waals surface area contributed by atoms with E-state index in [1.165, 1.54) is 0 Å². The van der Waals surface area contributed by atoms with Crippen LogP contribution in [0.15, 0.2) is 12.2 Å². The third-order valence-corrected chi connectivity index (χ3v) is 5.68. The number of hydrogen-bond donors (Lipinski definition) is 4. The first-order valence-corrected chi connectivity index (χ1v) is 7.01. The fourth-order valence-electron chi connectivity index (χ4n) is 4.08. The molecule has 4 heteroatoms. The molecule has 2 rings (SSSR count). The second-order valence-electron chi connectivity index (χ2n) is 7.12. The Bertz CT molecular complexity index is 392. The lowest BCUT2D eigenvalue weighted by atomic mass is 9.50. The molecule has 6 atom stereocenters. The van der Waals surface area contributed by atoms with Crippen molar-refractivity contribution in [3.8, 4) is 0 Å². The van der Waals surface area contributed by atoms with Crippen LogP contribution in [0, 0.1) is 11.3 Å². The molecule has 0 spiro atoms. The molecule has 0 aromatic rings. The Kier molecular flexibility index (Phi) is 3.38. The summed E-state index contributed by atoms with van der Waals surface area (Å²) in [6.45, 7) is 9.13. The fourth-order valence-corrected chi connectivity index (χ4v) is 4.08. The minimum Gasteiger partial charge on any atom is -0.390 e. The molecule has 0 unspecified atom stereocenters. The van der Waals surface area contributed by atoms with Gasteiger partial charge in [-0.3, -0.25) is 0 Å². The largest absolute Gasteiger partial charge is 0.390 e. The lowest BCUT2D eigenvalue weighted by molar-refractivity contribution is -0.224. The summed E-state index contributed by atoms with van der Waals surface area (Å²) in [7, 11) is 0. The van der Waals surface area contributed by atoms with Gasteiger partial charge < -0.3 is 20.4 Å². The molecule has 0 amide bonds. The summed E-state index contributed by atoms with van der Waals surface area (Å²) in [5.74, 6) is -0.256. The predicted octanol–water partition coefficient (Wildman–Crippen LogP) is 0.976. The summed E-state index contributed by atoms with van der Waals surface area (Å²) in [4.78, 5) is 0. The molecule has 0 heterocycles. The van der Waals surface area contributed by atoms with Gasteiger partial charge in [-0.15, -0.1) is 0 Å². The van der Waals surface area contributed by atoms with Gasteiger partial charge in [0.05, 0.1) is 17.8 Å². The molecule has 110 valence electrons. The van der Waals surface area contributed by atoms with Gasteiger partial charge >= 0.3 is 0 Å². The maximum absolute atomic E-state index is 10.6. The monoisotopic (exact) mass is 270 g/mol. The summed E-state index contributed by atoms with van der Waals surface area (Å²) < 4.78 is 0. The van der Waals surface area contributed by atoms with Crippen LogP contribution >= 0.6 is 0 Å². The van der Waals surface area contributed by atoms with E-state index in [1.54, 1.807) is 13.8 Å². The molecule has 2 aliphatic carbocycles. The van der Waals surface area contributed by atoms with Gasteiger partial charge in [0.2, 0.25) is 0 Å². The highest BCUT2D eigenvalue weighted by Gasteiger charge is 2.60. The Morgan fingerprint density at radius 3 is 2.21 bits per heavy atom. The van der Waals surface area contributed by atoms with E-state index in [-0.39, 0.29) is 17.8 Å². The molecule has 0 radical (unpaired) electrons. The van der Waals surface area contributed by atoms with Crippen LogP contribution in [0.2, 0.25) is 0 Å². The van der Waals surface area contributed by atoms with Gasteiger partial charge in [0.15, 0.2) is 0 Å². The molecule has 2 saturated carbocycles. The van der Waals surface area contributed by atoms with Gasteiger partial charge in [-0.05, 0) is 56.4 Å². The number of aliphatic hydroxyl groups excluding tert-OH is 2. The summed E-state index contributed by atoms with van der Waals surface area (Å²) >= 11 is 0. The molecule has 0 aromatic carbocycles. The van der Waals surface area contributed by atoms with Gasteiger partial charge in [0.1, 0.15) is 5.60 Å². The van der Waals surface area contributed by atoms with Crippen LogP contribution < -0.4 is 0 Å². The molecular weight excluding hydrogens is 244 g/mol. The maximum atomic E-state index is 10.6. The maximum Gasteiger partial charge on any atom is 0.111 e. The first kappa shape index (κ1) is 15.0. The number of rotatable bonds is 1. The first-order chi connectivity index (χ1) is 8.54. The molecule has 2 fully saturated rings. The van der Waals surface area contributed by atoms with Crippen LogP contribution in [0.1, 0.15) is 46.5 Å². The minimum atomic E-state index is -1.37.